The highest BCUT2D eigenvalue weighted by Crippen LogP contribution is 2.18. The molecule has 0 aliphatic carbocycles. The second-order valence-electron chi connectivity index (χ2n) is 5.83. The first-order valence-electron chi connectivity index (χ1n) is 7.93. The molecule has 1 fully saturated rings. The summed E-state index contributed by atoms with van der Waals surface area (Å²) in [4.78, 5) is 23.7. The average molecular weight is 378 g/mol. The Morgan fingerprint density at radius 1 is 1.38 bits per heavy atom. The number of hydrogen-bond donors (Lipinski definition) is 2. The number of carbonyl (C=O) groups excluding carboxylic acids is 2. The van der Waals surface area contributed by atoms with Crippen LogP contribution in [0.3, 0.4) is 0 Å². The molecule has 0 atom stereocenters. The Labute approximate surface area is 150 Å². The quantitative estimate of drug-likeness (QED) is 0.757. The summed E-state index contributed by atoms with van der Waals surface area (Å²) in [6, 6.07) is 7.41. The van der Waals surface area contributed by atoms with Crippen LogP contribution in [0.1, 0.15) is 21.8 Å². The predicted octanol–water partition coefficient (Wildman–Crippen LogP) is 0.0335. The maximum Gasteiger partial charge on any atom is 0.251 e. The number of benzene rings is 1. The fraction of sp³-hybridized carbons (Fsp3) is 0.312. The molecule has 2 N–H and O–H groups in total. The number of piperazine rings is 1. The molecule has 0 unspecified atom stereocenters. The Morgan fingerprint density at radius 3 is 2.88 bits per heavy atom. The van der Waals surface area contributed by atoms with Gasteiger partial charge in [-0.25, -0.2) is 8.42 Å². The molecular formula is C16H18N4O5S. The van der Waals surface area contributed by atoms with Gasteiger partial charge in [0.1, 0.15) is 11.5 Å². The molecule has 1 aliphatic heterocycles. The van der Waals surface area contributed by atoms with Crippen molar-refractivity contribution in [2.45, 2.75) is 18.4 Å². The molecule has 26 heavy (non-hydrogen) atoms. The van der Waals surface area contributed by atoms with Crippen molar-refractivity contribution in [3.8, 4) is 0 Å². The Bertz CT molecular complexity index is 938. The SMILES string of the molecule is Cc1cc(CNC(=O)c2cccc(S(=O)(=O)N3CCNC(=O)C3)c2)no1. The summed E-state index contributed by atoms with van der Waals surface area (Å²) in [7, 11) is -3.85. The Morgan fingerprint density at radius 2 is 2.19 bits per heavy atom. The first-order chi connectivity index (χ1) is 12.4. The molecule has 2 heterocycles. The topological polar surface area (TPSA) is 122 Å². The molecule has 1 aliphatic rings. The molecule has 0 radical (unpaired) electrons. The number of carbonyl (C=O) groups is 2. The smallest absolute Gasteiger partial charge is 0.251 e. The van der Waals surface area contributed by atoms with Crippen LogP contribution in [0.25, 0.3) is 0 Å². The van der Waals surface area contributed by atoms with Crippen LogP contribution in [0.5, 0.6) is 0 Å². The van der Waals surface area contributed by atoms with Gasteiger partial charge in [-0.1, -0.05) is 11.2 Å². The molecule has 138 valence electrons. The lowest BCUT2D eigenvalue weighted by Gasteiger charge is -2.26. The fourth-order valence-electron chi connectivity index (χ4n) is 2.54. The molecule has 0 saturated carbocycles. The minimum absolute atomic E-state index is 0.0304. The molecule has 2 amide bonds. The van der Waals surface area contributed by atoms with Gasteiger partial charge in [-0.05, 0) is 25.1 Å². The van der Waals surface area contributed by atoms with Gasteiger partial charge in [0.25, 0.3) is 5.91 Å². The second-order valence-corrected chi connectivity index (χ2v) is 7.77. The van der Waals surface area contributed by atoms with Crippen LogP contribution in [0.15, 0.2) is 39.8 Å². The third kappa shape index (κ3) is 3.92. The molecular weight excluding hydrogens is 360 g/mol. The van der Waals surface area contributed by atoms with Gasteiger partial charge in [0.15, 0.2) is 0 Å². The largest absolute Gasteiger partial charge is 0.361 e. The lowest BCUT2D eigenvalue weighted by atomic mass is 10.2. The molecule has 3 rings (SSSR count). The van der Waals surface area contributed by atoms with Crippen LogP contribution in [-0.4, -0.2) is 49.3 Å². The van der Waals surface area contributed by atoms with E-state index in [1.807, 2.05) is 0 Å². The van der Waals surface area contributed by atoms with Crippen LogP contribution >= 0.6 is 0 Å². The van der Waals surface area contributed by atoms with E-state index in [1.165, 1.54) is 24.3 Å². The number of hydrogen-bond acceptors (Lipinski definition) is 6. The van der Waals surface area contributed by atoms with Crippen LogP contribution in [0, 0.1) is 6.92 Å². The second kappa shape index (κ2) is 7.26. The van der Waals surface area contributed by atoms with E-state index in [0.29, 0.717) is 11.5 Å². The number of sulfonamides is 1. The molecule has 9 nitrogen and oxygen atoms in total. The third-order valence-electron chi connectivity index (χ3n) is 3.84. The van der Waals surface area contributed by atoms with Crippen molar-refractivity contribution in [1.29, 1.82) is 0 Å². The summed E-state index contributed by atoms with van der Waals surface area (Å²) in [5, 5.41) is 9.01. The zero-order chi connectivity index (χ0) is 18.7. The summed E-state index contributed by atoms with van der Waals surface area (Å²) in [6.45, 7) is 2.13. The van der Waals surface area contributed by atoms with E-state index in [9.17, 15) is 18.0 Å². The van der Waals surface area contributed by atoms with Crippen molar-refractivity contribution in [2.75, 3.05) is 19.6 Å². The normalized spacial score (nSPS) is 15.5. The van der Waals surface area contributed by atoms with E-state index >= 15 is 0 Å². The minimum Gasteiger partial charge on any atom is -0.361 e. The number of nitrogens with one attached hydrogen (secondary N) is 2. The lowest BCUT2D eigenvalue weighted by Crippen LogP contribution is -2.49. The zero-order valence-corrected chi connectivity index (χ0v) is 14.9. The van der Waals surface area contributed by atoms with Gasteiger partial charge < -0.3 is 15.2 Å². The molecule has 10 heteroatoms. The summed E-state index contributed by atoms with van der Waals surface area (Å²) in [5.41, 5.74) is 0.770. The van der Waals surface area contributed by atoms with Gasteiger partial charge in [0.05, 0.1) is 18.0 Å². The lowest BCUT2D eigenvalue weighted by molar-refractivity contribution is -0.122. The minimum atomic E-state index is -3.85. The zero-order valence-electron chi connectivity index (χ0n) is 14.1. The summed E-state index contributed by atoms with van der Waals surface area (Å²) < 4.78 is 31.4. The van der Waals surface area contributed by atoms with Gasteiger partial charge in [0, 0.05) is 24.7 Å². The fourth-order valence-corrected chi connectivity index (χ4v) is 3.98. The molecule has 0 spiro atoms. The van der Waals surface area contributed by atoms with Crippen LogP contribution in [-0.2, 0) is 21.4 Å². The maximum atomic E-state index is 12.7. The van der Waals surface area contributed by atoms with Crippen molar-refractivity contribution >= 4 is 21.8 Å². The summed E-state index contributed by atoms with van der Waals surface area (Å²) in [5.74, 6) is -0.149. The van der Waals surface area contributed by atoms with E-state index in [4.69, 9.17) is 4.52 Å². The van der Waals surface area contributed by atoms with Crippen molar-refractivity contribution in [2.24, 2.45) is 0 Å². The average Bonchev–Trinajstić information content (AvgIpc) is 3.05. The first kappa shape index (κ1) is 18.1. The van der Waals surface area contributed by atoms with Crippen molar-refractivity contribution < 1.29 is 22.5 Å². The Hall–Kier alpha value is -2.72. The Balaban J connectivity index is 1.74. The molecule has 1 aromatic heterocycles. The highest BCUT2D eigenvalue weighted by Gasteiger charge is 2.29. The van der Waals surface area contributed by atoms with E-state index in [1.54, 1.807) is 13.0 Å². The highest BCUT2D eigenvalue weighted by atomic mass is 32.2. The van der Waals surface area contributed by atoms with Crippen LogP contribution < -0.4 is 10.6 Å². The van der Waals surface area contributed by atoms with Gasteiger partial charge in [0.2, 0.25) is 15.9 Å². The summed E-state index contributed by atoms with van der Waals surface area (Å²) >= 11 is 0. The van der Waals surface area contributed by atoms with E-state index in [0.717, 1.165) is 4.31 Å². The summed E-state index contributed by atoms with van der Waals surface area (Å²) in [6.07, 6.45) is 0. The van der Waals surface area contributed by atoms with Gasteiger partial charge in [-0.3, -0.25) is 9.59 Å². The van der Waals surface area contributed by atoms with Gasteiger partial charge >= 0.3 is 0 Å². The van der Waals surface area contributed by atoms with Crippen molar-refractivity contribution in [1.82, 2.24) is 20.1 Å². The maximum absolute atomic E-state index is 12.7. The predicted molar refractivity (Wildman–Crippen MR) is 90.6 cm³/mol. The molecule has 1 aromatic carbocycles. The number of nitrogens with zero attached hydrogens (tertiary/aromatic N) is 2. The molecule has 0 bridgehead atoms. The number of aryl methyl sites for hydroxylation is 1. The number of amides is 2. The first-order valence-corrected chi connectivity index (χ1v) is 9.37. The van der Waals surface area contributed by atoms with Crippen LogP contribution in [0.2, 0.25) is 0 Å². The van der Waals surface area contributed by atoms with Crippen LogP contribution in [0.4, 0.5) is 0 Å². The molecule has 2 aromatic rings. The van der Waals surface area contributed by atoms with E-state index in [-0.39, 0.29) is 42.5 Å². The van der Waals surface area contributed by atoms with Gasteiger partial charge in [-0.15, -0.1) is 0 Å². The number of aromatic nitrogens is 1. The standard InChI is InChI=1S/C16H18N4O5S/c1-11-7-13(19-25-11)9-18-16(22)12-3-2-4-14(8-12)26(23,24)20-6-5-17-15(21)10-20/h2-4,7-8H,5-6,9-10H2,1H3,(H,17,21)(H,18,22). The van der Waals surface area contributed by atoms with E-state index < -0.39 is 15.9 Å². The highest BCUT2D eigenvalue weighted by molar-refractivity contribution is 7.89. The third-order valence-corrected chi connectivity index (χ3v) is 5.69. The Kier molecular flexibility index (Phi) is 5.05. The van der Waals surface area contributed by atoms with Gasteiger partial charge in [-0.2, -0.15) is 4.31 Å². The number of rotatable bonds is 5. The van der Waals surface area contributed by atoms with Crippen molar-refractivity contribution in [3.63, 3.8) is 0 Å². The van der Waals surface area contributed by atoms with E-state index in [2.05, 4.69) is 15.8 Å². The van der Waals surface area contributed by atoms with Crippen molar-refractivity contribution in [3.05, 3.63) is 47.3 Å². The molecule has 1 saturated heterocycles. The monoisotopic (exact) mass is 378 g/mol.